The molecule has 0 aliphatic rings. The van der Waals surface area contributed by atoms with Crippen LogP contribution in [0.2, 0.25) is 0 Å². The fourth-order valence-corrected chi connectivity index (χ4v) is 0. The average molecular weight is 116 g/mol. The number of hydrogen-bond acceptors (Lipinski definition) is 0. The van der Waals surface area contributed by atoms with Crippen LogP contribution in [0.1, 0.15) is 5.71 Å². The van der Waals surface area contributed by atoms with Gasteiger partial charge in [-0.1, -0.05) is 0 Å². The molecule has 0 rings (SSSR count). The number of halogens is 1. The summed E-state index contributed by atoms with van der Waals surface area (Å²) in [7, 11) is 0. The van der Waals surface area contributed by atoms with E-state index in [9.17, 15) is 3.52 Å². The zero-order chi connectivity index (χ0) is 2.00. The maximum Gasteiger partial charge on any atom is 2.00 e. The standard InChI is InChI=1S/Al.Ca.FH.Mg.6H/h;;1H;;;;;;;/q+1;+2;;+2;;;4*-1/p-1. The van der Waals surface area contributed by atoms with E-state index in [2.05, 4.69) is 0 Å². The third-order valence-corrected chi connectivity index (χ3v) is 0. The van der Waals surface area contributed by atoms with Gasteiger partial charge in [-0.05, 0) is 0 Å². The van der Waals surface area contributed by atoms with Crippen molar-refractivity contribution in [2.45, 2.75) is 0 Å². The molecule has 0 N–H and O–H groups in total. The predicted octanol–water partition coefficient (Wildman–Crippen LogP) is -0.808. The molecule has 0 bridgehead atoms. The van der Waals surface area contributed by atoms with E-state index in [1.54, 1.807) is 0 Å². The Kier molecular flexibility index (Phi) is 71.7. The Labute approximate surface area is 85.5 Å². The van der Waals surface area contributed by atoms with E-state index in [1.165, 1.54) is 0 Å². The van der Waals surface area contributed by atoms with E-state index < -0.39 is 0 Å². The summed E-state index contributed by atoms with van der Waals surface area (Å²) in [5, 5.41) is 0. The molecule has 0 saturated heterocycles. The molecule has 0 aliphatic carbocycles. The van der Waals surface area contributed by atoms with Gasteiger partial charge in [0, 0.05) is 0 Å². The Bertz CT molecular complexity index is 16.0. The predicted molar refractivity (Wildman–Crippen MR) is 25.6 cm³/mol. The van der Waals surface area contributed by atoms with E-state index >= 15 is 0 Å². The van der Waals surface area contributed by atoms with Crippen LogP contribution in [-0.2, 0) is 0 Å². The molecule has 20 valence electrons. The Hall–Kier alpha value is 2.49. The molecule has 0 heterocycles. The van der Waals surface area contributed by atoms with Crippen molar-refractivity contribution in [3.63, 3.8) is 0 Å². The largest absolute Gasteiger partial charge is 2.00 e. The van der Waals surface area contributed by atoms with E-state index in [4.69, 9.17) is 0 Å². The second-order valence-electron chi connectivity index (χ2n) is 0. The molecule has 0 fully saturated rings. The summed E-state index contributed by atoms with van der Waals surface area (Å²) in [4.78, 5) is 0. The molecule has 0 aromatic rings. The third-order valence-electron chi connectivity index (χ3n) is 0. The fraction of sp³-hybridized carbons (Fsp3) is 0. The van der Waals surface area contributed by atoms with Crippen molar-refractivity contribution < 1.29 is 9.23 Å². The molecule has 4 heteroatoms. The Balaban J connectivity index is -0.000000000333. The molecule has 0 nitrogen and oxygen atoms in total. The summed E-state index contributed by atoms with van der Waals surface area (Å²) < 4.78 is 9.64. The molecule has 0 radical (unpaired) electrons. The molecule has 0 aromatic heterocycles. The molecular weight excluding hydrogens is 110 g/mol. The normalized spacial score (nSPS) is 1.25. The van der Waals surface area contributed by atoms with Crippen molar-refractivity contribution in [3.8, 4) is 0 Å². The smallest absolute Gasteiger partial charge is 1.00 e. The first-order chi connectivity index (χ1) is 1.00. The van der Waals surface area contributed by atoms with Crippen LogP contribution in [0.3, 0.4) is 0 Å². The quantitative estimate of drug-likeness (QED) is 0.363. The van der Waals surface area contributed by atoms with Gasteiger partial charge in [-0.15, -0.1) is 0 Å². The SMILES string of the molecule is [Ca+2].[F][AlH2].[H-].[H-].[H-].[H-].[Mg+2]. The van der Waals surface area contributed by atoms with Crippen LogP contribution in [0.25, 0.3) is 0 Å². The van der Waals surface area contributed by atoms with Gasteiger partial charge in [-0.3, -0.25) is 0 Å². The molecule has 0 amide bonds. The van der Waals surface area contributed by atoms with Gasteiger partial charge in [0.15, 0.2) is 0 Å². The summed E-state index contributed by atoms with van der Waals surface area (Å²) >= 11 is -0.194. The van der Waals surface area contributed by atoms with Gasteiger partial charge in [0.2, 0.25) is 0 Å². The van der Waals surface area contributed by atoms with Crippen molar-refractivity contribution in [2.75, 3.05) is 0 Å². The van der Waals surface area contributed by atoms with Crippen molar-refractivity contribution in [2.24, 2.45) is 0 Å². The average Bonchev–Trinajstić information content (AvgIpc) is 1.00. The van der Waals surface area contributed by atoms with Gasteiger partial charge >= 0.3 is 77.5 Å². The van der Waals surface area contributed by atoms with Gasteiger partial charge in [0.25, 0.3) is 0 Å². The molecule has 0 atom stereocenters. The molecule has 0 spiro atoms. The van der Waals surface area contributed by atoms with Crippen molar-refractivity contribution in [3.05, 3.63) is 0 Å². The maximum atomic E-state index is 9.64. The maximum absolute atomic E-state index is 9.64. The second kappa shape index (κ2) is 17.9. The summed E-state index contributed by atoms with van der Waals surface area (Å²) in [5.74, 6) is 0. The van der Waals surface area contributed by atoms with E-state index in [-0.39, 0.29) is 83.2 Å². The Morgan fingerprint density at radius 3 is 1.50 bits per heavy atom. The topological polar surface area (TPSA) is 0 Å². The molecular formula is H6AlCaFMg. The van der Waals surface area contributed by atoms with Crippen LogP contribution in [0.4, 0.5) is 3.52 Å². The number of rotatable bonds is 0. The van der Waals surface area contributed by atoms with Crippen molar-refractivity contribution in [1.29, 1.82) is 0 Å². The van der Waals surface area contributed by atoms with Gasteiger partial charge in [0.05, 0.1) is 0 Å². The minimum atomic E-state index is -0.194. The van der Waals surface area contributed by atoms with Gasteiger partial charge in [0.1, 0.15) is 0 Å². The molecule has 0 aliphatic heterocycles. The van der Waals surface area contributed by atoms with Gasteiger partial charge in [-0.2, -0.15) is 0 Å². The van der Waals surface area contributed by atoms with Crippen LogP contribution in [-0.4, -0.2) is 77.5 Å². The van der Waals surface area contributed by atoms with Gasteiger partial charge in [-0.25, -0.2) is 0 Å². The van der Waals surface area contributed by atoms with Crippen LogP contribution in [0, 0.1) is 0 Å². The number of hydrogen-bond donors (Lipinski definition) is 0. The van der Waals surface area contributed by atoms with Crippen LogP contribution < -0.4 is 0 Å². The van der Waals surface area contributed by atoms with E-state index in [0.717, 1.165) is 0 Å². The monoisotopic (exact) mass is 116 g/mol. The molecule has 4 heavy (non-hydrogen) atoms. The first-order valence-electron chi connectivity index (χ1n) is 0.378. The summed E-state index contributed by atoms with van der Waals surface area (Å²) in [6, 6.07) is 0. The first kappa shape index (κ1) is 16.1. The summed E-state index contributed by atoms with van der Waals surface area (Å²) in [6.45, 7) is 0. The van der Waals surface area contributed by atoms with Crippen LogP contribution in [0.5, 0.6) is 0 Å². The minimum Gasteiger partial charge on any atom is -1.00 e. The van der Waals surface area contributed by atoms with E-state index in [1.807, 2.05) is 0 Å². The van der Waals surface area contributed by atoms with E-state index in [0.29, 0.717) is 0 Å². The van der Waals surface area contributed by atoms with Crippen LogP contribution >= 0.6 is 0 Å². The Morgan fingerprint density at radius 2 is 1.50 bits per heavy atom. The minimum absolute atomic E-state index is 0. The van der Waals surface area contributed by atoms with Crippen molar-refractivity contribution in [1.82, 2.24) is 0 Å². The molecule has 0 saturated carbocycles. The summed E-state index contributed by atoms with van der Waals surface area (Å²) in [6.07, 6.45) is 0. The van der Waals surface area contributed by atoms with Gasteiger partial charge < -0.3 is 9.23 Å². The first-order valence-corrected chi connectivity index (χ1v) is 1.13. The van der Waals surface area contributed by atoms with Crippen LogP contribution in [0.15, 0.2) is 0 Å². The fourth-order valence-electron chi connectivity index (χ4n) is 0. The zero-order valence-corrected chi connectivity index (χ0v) is 8.41. The molecule has 0 aromatic carbocycles. The summed E-state index contributed by atoms with van der Waals surface area (Å²) in [5.41, 5.74) is 0. The second-order valence-corrected chi connectivity index (χ2v) is 0. The third kappa shape index (κ3) is 8.82. The van der Waals surface area contributed by atoms with Crippen molar-refractivity contribution >= 4 is 77.5 Å². The Morgan fingerprint density at radius 1 is 1.50 bits per heavy atom. The zero-order valence-electron chi connectivity index (χ0n) is 6.79. The molecule has 0 unspecified atom stereocenters.